The van der Waals surface area contributed by atoms with Crippen molar-refractivity contribution in [3.8, 4) is 0 Å². The molecule has 6 nitrogen and oxygen atoms in total. The fraction of sp³-hybridized carbons (Fsp3) is 0.500. The Kier molecular flexibility index (Phi) is 5.09. The van der Waals surface area contributed by atoms with Crippen LogP contribution in [0, 0.1) is 0 Å². The summed E-state index contributed by atoms with van der Waals surface area (Å²) in [5.41, 5.74) is 0.705. The van der Waals surface area contributed by atoms with E-state index in [-0.39, 0.29) is 11.2 Å². The molecule has 1 amide bonds. The number of nitrogens with one attached hydrogen (secondary N) is 1. The summed E-state index contributed by atoms with van der Waals surface area (Å²) in [4.78, 5) is 14.9. The number of hydrogen-bond donors (Lipinski definition) is 1. The Morgan fingerprint density at radius 3 is 2.77 bits per heavy atom. The molecular formula is C18H22ClN5OS. The zero-order valence-corrected chi connectivity index (χ0v) is 16.3. The van der Waals surface area contributed by atoms with Crippen LogP contribution >= 0.6 is 23.4 Å². The Morgan fingerprint density at radius 1 is 1.31 bits per heavy atom. The Labute approximate surface area is 162 Å². The lowest BCUT2D eigenvalue weighted by atomic mass is 10.3. The van der Waals surface area contributed by atoms with E-state index >= 15 is 0 Å². The van der Waals surface area contributed by atoms with Gasteiger partial charge in [-0.25, -0.2) is 0 Å². The molecule has 1 saturated heterocycles. The second-order valence-electron chi connectivity index (χ2n) is 6.84. The molecule has 1 aromatic carbocycles. The van der Waals surface area contributed by atoms with E-state index in [0.717, 1.165) is 37.0 Å². The molecule has 1 atom stereocenters. The Hall–Kier alpha value is -1.73. The fourth-order valence-electron chi connectivity index (χ4n) is 3.16. The summed E-state index contributed by atoms with van der Waals surface area (Å²) in [5.74, 6) is 0.903. The molecule has 1 aliphatic carbocycles. The van der Waals surface area contributed by atoms with Gasteiger partial charge in [-0.3, -0.25) is 9.36 Å². The molecule has 1 unspecified atom stereocenters. The molecule has 0 radical (unpaired) electrons. The van der Waals surface area contributed by atoms with Crippen LogP contribution in [0.5, 0.6) is 0 Å². The Balaban J connectivity index is 1.47. The summed E-state index contributed by atoms with van der Waals surface area (Å²) in [6.07, 6.45) is 4.74. The quantitative estimate of drug-likeness (QED) is 0.754. The lowest BCUT2D eigenvalue weighted by molar-refractivity contribution is -0.115. The number of carbonyl (C=O) groups excluding carboxylic acids is 1. The molecule has 2 fully saturated rings. The van der Waals surface area contributed by atoms with Crippen molar-refractivity contribution < 1.29 is 4.79 Å². The first-order chi connectivity index (χ1) is 12.6. The zero-order chi connectivity index (χ0) is 18.1. The first-order valence-corrected chi connectivity index (χ1v) is 10.3. The number of anilines is 2. The highest BCUT2D eigenvalue weighted by atomic mass is 35.5. The van der Waals surface area contributed by atoms with Gasteiger partial charge in [0.05, 0.1) is 5.25 Å². The second kappa shape index (κ2) is 7.48. The van der Waals surface area contributed by atoms with Gasteiger partial charge < -0.3 is 10.2 Å². The number of nitrogens with zero attached hydrogens (tertiary/aromatic N) is 4. The Bertz CT molecular complexity index is 801. The summed E-state index contributed by atoms with van der Waals surface area (Å²) in [6.45, 7) is 3.98. The molecule has 138 valence electrons. The highest BCUT2D eigenvalue weighted by molar-refractivity contribution is 8.00. The van der Waals surface area contributed by atoms with Crippen LogP contribution in [0.3, 0.4) is 0 Å². The van der Waals surface area contributed by atoms with Gasteiger partial charge in [0.2, 0.25) is 11.9 Å². The summed E-state index contributed by atoms with van der Waals surface area (Å²) >= 11 is 7.45. The molecule has 1 aromatic heterocycles. The maximum atomic E-state index is 12.5. The molecule has 1 aliphatic heterocycles. The van der Waals surface area contributed by atoms with Crippen molar-refractivity contribution >= 4 is 40.9 Å². The van der Waals surface area contributed by atoms with Gasteiger partial charge >= 0.3 is 0 Å². The SMILES string of the molecule is CC(Sc1nnc(N2CCCC2)n1C1CC1)C(=O)Nc1cccc(Cl)c1. The van der Waals surface area contributed by atoms with Gasteiger partial charge in [-0.15, -0.1) is 10.2 Å². The summed E-state index contributed by atoms with van der Waals surface area (Å²) in [7, 11) is 0. The zero-order valence-electron chi connectivity index (χ0n) is 14.7. The van der Waals surface area contributed by atoms with Crippen LogP contribution in [-0.4, -0.2) is 39.0 Å². The molecular weight excluding hydrogens is 370 g/mol. The van der Waals surface area contributed by atoms with Gasteiger partial charge in [0, 0.05) is 29.8 Å². The average molecular weight is 392 g/mol. The van der Waals surface area contributed by atoms with Crippen molar-refractivity contribution in [3.05, 3.63) is 29.3 Å². The van der Waals surface area contributed by atoms with Crippen LogP contribution in [0.4, 0.5) is 11.6 Å². The second-order valence-corrected chi connectivity index (χ2v) is 8.58. The number of amides is 1. The van der Waals surface area contributed by atoms with Crippen molar-refractivity contribution in [2.24, 2.45) is 0 Å². The van der Waals surface area contributed by atoms with Gasteiger partial charge in [-0.05, 0) is 50.8 Å². The van der Waals surface area contributed by atoms with Crippen LogP contribution in [0.15, 0.2) is 29.4 Å². The van der Waals surface area contributed by atoms with Gasteiger partial charge in [-0.1, -0.05) is 29.4 Å². The van der Waals surface area contributed by atoms with E-state index in [9.17, 15) is 4.79 Å². The predicted octanol–water partition coefficient (Wildman–Crippen LogP) is 3.99. The minimum Gasteiger partial charge on any atom is -0.341 e. The first-order valence-electron chi connectivity index (χ1n) is 9.05. The number of rotatable bonds is 6. The van der Waals surface area contributed by atoms with E-state index in [1.165, 1.54) is 24.6 Å². The normalized spacial score (nSPS) is 18.2. The summed E-state index contributed by atoms with van der Waals surface area (Å²) < 4.78 is 2.24. The van der Waals surface area contributed by atoms with Crippen molar-refractivity contribution in [2.75, 3.05) is 23.3 Å². The summed E-state index contributed by atoms with van der Waals surface area (Å²) in [6, 6.07) is 7.66. The van der Waals surface area contributed by atoms with Crippen molar-refractivity contribution in [1.29, 1.82) is 0 Å². The fourth-order valence-corrected chi connectivity index (χ4v) is 4.26. The van der Waals surface area contributed by atoms with E-state index in [1.807, 2.05) is 19.1 Å². The Morgan fingerprint density at radius 2 is 2.08 bits per heavy atom. The molecule has 2 aliphatic rings. The monoisotopic (exact) mass is 391 g/mol. The number of halogens is 1. The highest BCUT2D eigenvalue weighted by Crippen LogP contribution is 2.42. The van der Waals surface area contributed by atoms with E-state index < -0.39 is 0 Å². The topological polar surface area (TPSA) is 63.1 Å². The molecule has 0 spiro atoms. The minimum atomic E-state index is -0.276. The number of carbonyl (C=O) groups is 1. The molecule has 8 heteroatoms. The van der Waals surface area contributed by atoms with Crippen molar-refractivity contribution in [2.45, 2.75) is 49.1 Å². The molecule has 1 saturated carbocycles. The van der Waals surface area contributed by atoms with E-state index in [1.54, 1.807) is 12.1 Å². The summed E-state index contributed by atoms with van der Waals surface area (Å²) in [5, 5.41) is 12.9. The van der Waals surface area contributed by atoms with Gasteiger partial charge in [0.1, 0.15) is 0 Å². The van der Waals surface area contributed by atoms with E-state index in [0.29, 0.717) is 16.8 Å². The lowest BCUT2D eigenvalue weighted by Crippen LogP contribution is -2.24. The number of aromatic nitrogens is 3. The van der Waals surface area contributed by atoms with Crippen LogP contribution in [-0.2, 0) is 4.79 Å². The molecule has 2 aromatic rings. The molecule has 1 N–H and O–H groups in total. The molecule has 0 bridgehead atoms. The van der Waals surface area contributed by atoms with Crippen molar-refractivity contribution in [1.82, 2.24) is 14.8 Å². The smallest absolute Gasteiger partial charge is 0.237 e. The third-order valence-electron chi connectivity index (χ3n) is 4.69. The van der Waals surface area contributed by atoms with E-state index in [2.05, 4.69) is 25.0 Å². The first kappa shape index (κ1) is 17.7. The van der Waals surface area contributed by atoms with E-state index in [4.69, 9.17) is 11.6 Å². The third-order valence-corrected chi connectivity index (χ3v) is 5.98. The molecule has 26 heavy (non-hydrogen) atoms. The average Bonchev–Trinajstić information content (AvgIpc) is 3.14. The van der Waals surface area contributed by atoms with Crippen molar-refractivity contribution in [3.63, 3.8) is 0 Å². The number of hydrogen-bond acceptors (Lipinski definition) is 5. The highest BCUT2D eigenvalue weighted by Gasteiger charge is 2.33. The maximum absolute atomic E-state index is 12.5. The maximum Gasteiger partial charge on any atom is 0.237 e. The van der Waals surface area contributed by atoms with Crippen LogP contribution in [0.25, 0.3) is 0 Å². The van der Waals surface area contributed by atoms with Gasteiger partial charge in [-0.2, -0.15) is 0 Å². The lowest BCUT2D eigenvalue weighted by Gasteiger charge is -2.18. The standard InChI is InChI=1S/C18H22ClN5OS/c1-12(16(25)20-14-6-4-5-13(19)11-14)26-18-22-21-17(23-9-2-3-10-23)24(18)15-7-8-15/h4-6,11-12,15H,2-3,7-10H2,1H3,(H,20,25). The third kappa shape index (κ3) is 3.83. The number of thioether (sulfide) groups is 1. The predicted molar refractivity (Wildman–Crippen MR) is 105 cm³/mol. The molecule has 2 heterocycles. The van der Waals surface area contributed by atoms with Crippen LogP contribution < -0.4 is 10.2 Å². The van der Waals surface area contributed by atoms with Crippen LogP contribution in [0.2, 0.25) is 5.02 Å². The molecule has 4 rings (SSSR count). The van der Waals surface area contributed by atoms with Crippen LogP contribution in [0.1, 0.15) is 38.6 Å². The largest absolute Gasteiger partial charge is 0.341 e. The minimum absolute atomic E-state index is 0.0645. The van der Waals surface area contributed by atoms with Gasteiger partial charge in [0.25, 0.3) is 0 Å². The number of benzene rings is 1. The van der Waals surface area contributed by atoms with Gasteiger partial charge in [0.15, 0.2) is 5.16 Å².